The summed E-state index contributed by atoms with van der Waals surface area (Å²) in [4.78, 5) is 11.8. The van der Waals surface area contributed by atoms with Crippen molar-refractivity contribution in [3.63, 3.8) is 0 Å². The van der Waals surface area contributed by atoms with Gasteiger partial charge in [0, 0.05) is 7.05 Å². The molecule has 7 heteroatoms. The van der Waals surface area contributed by atoms with E-state index in [-0.39, 0.29) is 21.3 Å². The van der Waals surface area contributed by atoms with Crippen molar-refractivity contribution < 1.29 is 17.6 Å². The Bertz CT molecular complexity index is 1380. The minimum Gasteiger partial charge on any atom is -0.341 e. The molecule has 4 aromatic rings. The number of nitrogens with one attached hydrogen (secondary N) is 2. The molecule has 0 heterocycles. The van der Waals surface area contributed by atoms with Crippen LogP contribution in [0.1, 0.15) is 0 Å². The normalized spacial score (nSPS) is 11.3. The molecule has 0 spiro atoms. The molecule has 5 nitrogen and oxygen atoms in total. The monoisotopic (exact) mass is 434 g/mol. The standard InChI is InChI=1S/C24H19FN2O3S/c1-26-24(28)27-22-4-2-3-5-23(22)31(29,30)21-13-10-18-14-17(6-7-19(18)15-21)16-8-11-20(25)12-9-16/h2-15H,1H3,(H2,26,27,28). The van der Waals surface area contributed by atoms with Crippen molar-refractivity contribution in [2.45, 2.75) is 9.79 Å². The van der Waals surface area contributed by atoms with Crippen molar-refractivity contribution in [1.29, 1.82) is 0 Å². The fourth-order valence-corrected chi connectivity index (χ4v) is 4.78. The highest BCUT2D eigenvalue weighted by Gasteiger charge is 2.22. The number of urea groups is 1. The van der Waals surface area contributed by atoms with Gasteiger partial charge in [-0.2, -0.15) is 0 Å². The van der Waals surface area contributed by atoms with E-state index >= 15 is 0 Å². The van der Waals surface area contributed by atoms with Crippen LogP contribution < -0.4 is 10.6 Å². The summed E-state index contributed by atoms with van der Waals surface area (Å²) in [6.45, 7) is 0. The quantitative estimate of drug-likeness (QED) is 0.462. The van der Waals surface area contributed by atoms with E-state index in [0.29, 0.717) is 0 Å². The first-order valence-electron chi connectivity index (χ1n) is 9.51. The van der Waals surface area contributed by atoms with Gasteiger partial charge in [-0.15, -0.1) is 0 Å². The van der Waals surface area contributed by atoms with Crippen LogP contribution in [0.3, 0.4) is 0 Å². The molecule has 0 saturated carbocycles. The van der Waals surface area contributed by atoms with Gasteiger partial charge in [0.2, 0.25) is 9.84 Å². The average Bonchev–Trinajstić information content (AvgIpc) is 2.79. The molecule has 0 atom stereocenters. The number of halogens is 1. The second-order valence-electron chi connectivity index (χ2n) is 6.93. The summed E-state index contributed by atoms with van der Waals surface area (Å²) >= 11 is 0. The summed E-state index contributed by atoms with van der Waals surface area (Å²) in [5, 5.41) is 6.57. The van der Waals surface area contributed by atoms with E-state index in [0.717, 1.165) is 21.9 Å². The zero-order chi connectivity index (χ0) is 22.0. The number of para-hydroxylation sites is 1. The third kappa shape index (κ3) is 4.13. The molecule has 0 fully saturated rings. The zero-order valence-electron chi connectivity index (χ0n) is 16.6. The molecule has 156 valence electrons. The minimum absolute atomic E-state index is 0.0147. The maximum atomic E-state index is 13.3. The van der Waals surface area contributed by atoms with Crippen LogP contribution in [0, 0.1) is 5.82 Å². The lowest BCUT2D eigenvalue weighted by Gasteiger charge is -2.12. The largest absolute Gasteiger partial charge is 0.341 e. The first kappa shape index (κ1) is 20.6. The molecule has 0 aromatic heterocycles. The molecule has 2 N–H and O–H groups in total. The van der Waals surface area contributed by atoms with Gasteiger partial charge in [-0.3, -0.25) is 0 Å². The van der Waals surface area contributed by atoms with E-state index in [1.165, 1.54) is 31.3 Å². The molecule has 0 saturated heterocycles. The molecule has 2 amide bonds. The van der Waals surface area contributed by atoms with E-state index < -0.39 is 15.9 Å². The SMILES string of the molecule is CNC(=O)Nc1ccccc1S(=O)(=O)c1ccc2cc(-c3ccc(F)cc3)ccc2c1. The van der Waals surface area contributed by atoms with Gasteiger partial charge in [0.05, 0.1) is 15.5 Å². The molecule has 4 rings (SSSR count). The molecule has 31 heavy (non-hydrogen) atoms. The Balaban J connectivity index is 1.74. The Morgan fingerprint density at radius 1 is 0.806 bits per heavy atom. The highest BCUT2D eigenvalue weighted by molar-refractivity contribution is 7.91. The van der Waals surface area contributed by atoms with Gasteiger partial charge < -0.3 is 10.6 Å². The van der Waals surface area contributed by atoms with Crippen LogP contribution in [-0.4, -0.2) is 21.5 Å². The van der Waals surface area contributed by atoms with Gasteiger partial charge >= 0.3 is 6.03 Å². The smallest absolute Gasteiger partial charge is 0.319 e. The third-order valence-corrected chi connectivity index (χ3v) is 6.76. The van der Waals surface area contributed by atoms with E-state index in [2.05, 4.69) is 10.6 Å². The average molecular weight is 434 g/mol. The minimum atomic E-state index is -3.87. The van der Waals surface area contributed by atoms with Gasteiger partial charge in [0.15, 0.2) is 0 Å². The number of hydrogen-bond donors (Lipinski definition) is 2. The molecule has 0 bridgehead atoms. The van der Waals surface area contributed by atoms with Crippen LogP contribution in [0.15, 0.2) is 94.7 Å². The number of fused-ring (bicyclic) bond motifs is 1. The van der Waals surface area contributed by atoms with Crippen LogP contribution >= 0.6 is 0 Å². The number of rotatable bonds is 4. The number of benzene rings is 4. The van der Waals surface area contributed by atoms with Crippen LogP contribution in [0.2, 0.25) is 0 Å². The van der Waals surface area contributed by atoms with E-state index in [9.17, 15) is 17.6 Å². The Morgan fingerprint density at radius 2 is 1.45 bits per heavy atom. The van der Waals surface area contributed by atoms with E-state index in [1.54, 1.807) is 42.5 Å². The van der Waals surface area contributed by atoms with Crippen molar-refractivity contribution in [1.82, 2.24) is 5.32 Å². The maximum Gasteiger partial charge on any atom is 0.319 e. The van der Waals surface area contributed by atoms with Crippen molar-refractivity contribution in [3.8, 4) is 11.1 Å². The molecule has 0 aliphatic carbocycles. The molecule has 4 aromatic carbocycles. The lowest BCUT2D eigenvalue weighted by Crippen LogP contribution is -2.25. The summed E-state index contributed by atoms with van der Waals surface area (Å²) in [5.41, 5.74) is 1.98. The second kappa shape index (κ2) is 8.20. The van der Waals surface area contributed by atoms with Crippen molar-refractivity contribution in [2.24, 2.45) is 0 Å². The summed E-state index contributed by atoms with van der Waals surface area (Å²) < 4.78 is 39.7. The Hall–Kier alpha value is -3.71. The topological polar surface area (TPSA) is 75.3 Å². The van der Waals surface area contributed by atoms with Gasteiger partial charge in [0.1, 0.15) is 5.82 Å². The van der Waals surface area contributed by atoms with Crippen molar-refractivity contribution in [2.75, 3.05) is 12.4 Å². The number of amides is 2. The second-order valence-corrected chi connectivity index (χ2v) is 8.85. The lowest BCUT2D eigenvalue weighted by atomic mass is 10.0. The highest BCUT2D eigenvalue weighted by atomic mass is 32.2. The van der Waals surface area contributed by atoms with Crippen molar-refractivity contribution in [3.05, 3.63) is 90.7 Å². The Kier molecular flexibility index (Phi) is 5.44. The third-order valence-electron chi connectivity index (χ3n) is 4.95. The zero-order valence-corrected chi connectivity index (χ0v) is 17.4. The number of hydrogen-bond acceptors (Lipinski definition) is 3. The summed E-state index contributed by atoms with van der Waals surface area (Å²) in [7, 11) is -2.41. The summed E-state index contributed by atoms with van der Waals surface area (Å²) in [5.74, 6) is -0.300. The first-order chi connectivity index (χ1) is 14.9. The molecular weight excluding hydrogens is 415 g/mol. The van der Waals surface area contributed by atoms with Gasteiger partial charge in [0.25, 0.3) is 0 Å². The van der Waals surface area contributed by atoms with E-state index in [1.807, 2.05) is 18.2 Å². The highest BCUT2D eigenvalue weighted by Crippen LogP contribution is 2.31. The van der Waals surface area contributed by atoms with Gasteiger partial charge in [-0.05, 0) is 64.4 Å². The van der Waals surface area contributed by atoms with Gasteiger partial charge in [-0.25, -0.2) is 17.6 Å². The molecular formula is C24H19FN2O3S. The predicted octanol–water partition coefficient (Wildman–Crippen LogP) is 5.23. The molecule has 0 unspecified atom stereocenters. The fraction of sp³-hybridized carbons (Fsp3) is 0.0417. The molecule has 0 radical (unpaired) electrons. The Morgan fingerprint density at radius 3 is 2.19 bits per heavy atom. The molecule has 0 aliphatic rings. The number of carbonyl (C=O) groups excluding carboxylic acids is 1. The van der Waals surface area contributed by atoms with Gasteiger partial charge in [-0.1, -0.05) is 42.5 Å². The van der Waals surface area contributed by atoms with Crippen molar-refractivity contribution >= 4 is 32.3 Å². The lowest BCUT2D eigenvalue weighted by molar-refractivity contribution is 0.254. The van der Waals surface area contributed by atoms with E-state index in [4.69, 9.17) is 0 Å². The number of anilines is 1. The van der Waals surface area contributed by atoms with Crippen LogP contribution in [0.4, 0.5) is 14.9 Å². The number of carbonyl (C=O) groups is 1. The van der Waals surface area contributed by atoms with Crippen LogP contribution in [0.25, 0.3) is 21.9 Å². The first-order valence-corrected chi connectivity index (χ1v) is 11.0. The fourth-order valence-electron chi connectivity index (χ4n) is 3.33. The maximum absolute atomic E-state index is 13.3. The molecule has 0 aliphatic heterocycles. The Labute approximate surface area is 179 Å². The predicted molar refractivity (Wildman–Crippen MR) is 119 cm³/mol. The van der Waals surface area contributed by atoms with Crippen LogP contribution in [-0.2, 0) is 9.84 Å². The summed E-state index contributed by atoms with van der Waals surface area (Å²) in [6, 6.07) is 22.5. The van der Waals surface area contributed by atoms with Crippen LogP contribution in [0.5, 0.6) is 0 Å². The number of sulfone groups is 1. The summed E-state index contributed by atoms with van der Waals surface area (Å²) in [6.07, 6.45) is 0.